The van der Waals surface area contributed by atoms with E-state index in [0.717, 1.165) is 31.6 Å². The lowest BCUT2D eigenvalue weighted by Crippen LogP contribution is -2.52. The van der Waals surface area contributed by atoms with Crippen LogP contribution >= 0.6 is 12.4 Å². The van der Waals surface area contributed by atoms with Gasteiger partial charge >= 0.3 is 0 Å². The van der Waals surface area contributed by atoms with E-state index in [9.17, 15) is 4.79 Å². The molecule has 0 aliphatic carbocycles. The molecule has 22 heavy (non-hydrogen) atoms. The van der Waals surface area contributed by atoms with E-state index in [1.807, 2.05) is 6.92 Å². The summed E-state index contributed by atoms with van der Waals surface area (Å²) < 4.78 is 0. The first-order valence-electron chi connectivity index (χ1n) is 7.93. The first-order valence-corrected chi connectivity index (χ1v) is 7.93. The smallest absolute Gasteiger partial charge is 0.234 e. The Labute approximate surface area is 140 Å². The lowest BCUT2D eigenvalue weighted by atomic mass is 10.0. The van der Waals surface area contributed by atoms with Gasteiger partial charge in [0.05, 0.1) is 12.6 Å². The number of amides is 1. The van der Waals surface area contributed by atoms with Crippen LogP contribution in [0.15, 0.2) is 24.3 Å². The number of hydrogen-bond acceptors (Lipinski definition) is 3. The zero-order valence-corrected chi connectivity index (χ0v) is 14.6. The molecule has 1 aromatic rings. The van der Waals surface area contributed by atoms with E-state index >= 15 is 0 Å². The summed E-state index contributed by atoms with van der Waals surface area (Å²) in [5, 5.41) is 6.44. The number of rotatable bonds is 5. The molecule has 0 radical (unpaired) electrons. The molecule has 124 valence electrons. The number of carbonyl (C=O) groups is 1. The predicted molar refractivity (Wildman–Crippen MR) is 93.5 cm³/mol. The topological polar surface area (TPSA) is 44.4 Å². The normalized spacial score (nSPS) is 20.0. The third-order valence-corrected chi connectivity index (χ3v) is 4.25. The molecule has 4 nitrogen and oxygen atoms in total. The fourth-order valence-electron chi connectivity index (χ4n) is 2.71. The fraction of sp³-hybridized carbons (Fsp3) is 0.588. The molecule has 0 saturated carbocycles. The summed E-state index contributed by atoms with van der Waals surface area (Å²) in [6.07, 6.45) is 1.04. The highest BCUT2D eigenvalue weighted by Crippen LogP contribution is 2.14. The summed E-state index contributed by atoms with van der Waals surface area (Å²) in [6.45, 7) is 9.70. The molecular formula is C17H28ClN3O. The molecule has 0 spiro atoms. The van der Waals surface area contributed by atoms with Gasteiger partial charge in [-0.25, -0.2) is 0 Å². The maximum atomic E-state index is 12.2. The number of nitrogens with one attached hydrogen (secondary N) is 2. The molecule has 1 unspecified atom stereocenters. The lowest BCUT2D eigenvalue weighted by Gasteiger charge is -2.33. The third kappa shape index (κ3) is 5.27. The standard InChI is InChI=1S/C17H27N3O.ClH/c1-4-15-5-7-16(8-6-15)14(3)19-17(21)12-20-10-9-18-11-13(20)2;/h5-8,13-14,18H,4,9-12H2,1-3H3,(H,19,21);1H/t13-,14?;/m0./s1. The molecule has 1 saturated heterocycles. The Balaban J connectivity index is 0.00000242. The molecule has 0 aromatic heterocycles. The quantitative estimate of drug-likeness (QED) is 0.872. The van der Waals surface area contributed by atoms with Gasteiger partial charge in [0.1, 0.15) is 0 Å². The van der Waals surface area contributed by atoms with Crippen LogP contribution in [0.4, 0.5) is 0 Å². The van der Waals surface area contributed by atoms with Gasteiger partial charge in [0, 0.05) is 25.7 Å². The Bertz CT molecular complexity index is 463. The summed E-state index contributed by atoms with van der Waals surface area (Å²) in [6, 6.07) is 8.96. The van der Waals surface area contributed by atoms with E-state index in [-0.39, 0.29) is 24.4 Å². The first kappa shape index (κ1) is 18.9. The highest BCUT2D eigenvalue weighted by molar-refractivity contribution is 5.85. The Morgan fingerprint density at radius 2 is 2.09 bits per heavy atom. The zero-order chi connectivity index (χ0) is 15.2. The van der Waals surface area contributed by atoms with Crippen molar-refractivity contribution in [1.82, 2.24) is 15.5 Å². The first-order chi connectivity index (χ1) is 10.1. The average molecular weight is 326 g/mol. The molecule has 2 rings (SSSR count). The van der Waals surface area contributed by atoms with Gasteiger partial charge in [-0.3, -0.25) is 9.69 Å². The van der Waals surface area contributed by atoms with Crippen molar-refractivity contribution in [2.45, 2.75) is 39.3 Å². The molecule has 2 atom stereocenters. The van der Waals surface area contributed by atoms with Crippen LogP contribution in [0.2, 0.25) is 0 Å². The second-order valence-electron chi connectivity index (χ2n) is 5.91. The van der Waals surface area contributed by atoms with Crippen molar-refractivity contribution in [3.05, 3.63) is 35.4 Å². The summed E-state index contributed by atoms with van der Waals surface area (Å²) in [5.41, 5.74) is 2.49. The largest absolute Gasteiger partial charge is 0.348 e. The molecule has 1 aliphatic rings. The number of piperazine rings is 1. The van der Waals surface area contributed by atoms with Gasteiger partial charge in [-0.15, -0.1) is 12.4 Å². The number of aryl methyl sites for hydroxylation is 1. The van der Waals surface area contributed by atoms with Crippen LogP contribution in [-0.2, 0) is 11.2 Å². The van der Waals surface area contributed by atoms with Crippen LogP contribution in [-0.4, -0.2) is 43.0 Å². The SMILES string of the molecule is CCc1ccc(C(C)NC(=O)CN2CCNC[C@@H]2C)cc1.Cl. The number of hydrogen-bond donors (Lipinski definition) is 2. The second kappa shape index (κ2) is 9.13. The van der Waals surface area contributed by atoms with Crippen LogP contribution in [0.5, 0.6) is 0 Å². The van der Waals surface area contributed by atoms with Crippen molar-refractivity contribution in [3.63, 3.8) is 0 Å². The molecular weight excluding hydrogens is 298 g/mol. The van der Waals surface area contributed by atoms with Gasteiger partial charge < -0.3 is 10.6 Å². The van der Waals surface area contributed by atoms with Crippen LogP contribution in [0, 0.1) is 0 Å². The molecule has 1 aliphatic heterocycles. The molecule has 2 N–H and O–H groups in total. The number of halogens is 1. The highest BCUT2D eigenvalue weighted by atomic mass is 35.5. The Morgan fingerprint density at radius 1 is 1.41 bits per heavy atom. The fourth-order valence-corrected chi connectivity index (χ4v) is 2.71. The minimum atomic E-state index is 0. The number of benzene rings is 1. The second-order valence-corrected chi connectivity index (χ2v) is 5.91. The van der Waals surface area contributed by atoms with E-state index in [0.29, 0.717) is 12.6 Å². The van der Waals surface area contributed by atoms with Crippen LogP contribution in [0.1, 0.15) is 37.9 Å². The van der Waals surface area contributed by atoms with Crippen molar-refractivity contribution in [1.29, 1.82) is 0 Å². The summed E-state index contributed by atoms with van der Waals surface area (Å²) in [7, 11) is 0. The van der Waals surface area contributed by atoms with E-state index in [4.69, 9.17) is 0 Å². The van der Waals surface area contributed by atoms with Crippen LogP contribution < -0.4 is 10.6 Å². The predicted octanol–water partition coefficient (Wildman–Crippen LogP) is 2.14. The van der Waals surface area contributed by atoms with Gasteiger partial charge in [0.25, 0.3) is 0 Å². The van der Waals surface area contributed by atoms with E-state index < -0.39 is 0 Å². The van der Waals surface area contributed by atoms with Crippen molar-refractivity contribution >= 4 is 18.3 Å². The van der Waals surface area contributed by atoms with E-state index in [1.165, 1.54) is 5.56 Å². The van der Waals surface area contributed by atoms with E-state index in [2.05, 4.69) is 53.6 Å². The maximum Gasteiger partial charge on any atom is 0.234 e. The molecule has 1 aromatic carbocycles. The Hall–Kier alpha value is -1.10. The minimum absolute atomic E-state index is 0. The van der Waals surface area contributed by atoms with E-state index in [1.54, 1.807) is 0 Å². The number of nitrogens with zero attached hydrogens (tertiary/aromatic N) is 1. The molecule has 1 amide bonds. The van der Waals surface area contributed by atoms with Gasteiger partial charge in [0.15, 0.2) is 0 Å². The zero-order valence-electron chi connectivity index (χ0n) is 13.8. The molecule has 5 heteroatoms. The van der Waals surface area contributed by atoms with Crippen molar-refractivity contribution in [2.75, 3.05) is 26.2 Å². The minimum Gasteiger partial charge on any atom is -0.348 e. The maximum absolute atomic E-state index is 12.2. The van der Waals surface area contributed by atoms with Gasteiger partial charge in [-0.2, -0.15) is 0 Å². The third-order valence-electron chi connectivity index (χ3n) is 4.25. The highest BCUT2D eigenvalue weighted by Gasteiger charge is 2.21. The van der Waals surface area contributed by atoms with Gasteiger partial charge in [0.2, 0.25) is 5.91 Å². The summed E-state index contributed by atoms with van der Waals surface area (Å²) >= 11 is 0. The van der Waals surface area contributed by atoms with Crippen LogP contribution in [0.25, 0.3) is 0 Å². The van der Waals surface area contributed by atoms with Crippen molar-refractivity contribution < 1.29 is 4.79 Å². The Kier molecular flexibility index (Phi) is 7.87. The van der Waals surface area contributed by atoms with Crippen molar-refractivity contribution in [2.24, 2.45) is 0 Å². The van der Waals surface area contributed by atoms with Gasteiger partial charge in [-0.1, -0.05) is 31.2 Å². The number of carbonyl (C=O) groups excluding carboxylic acids is 1. The Morgan fingerprint density at radius 3 is 2.68 bits per heavy atom. The monoisotopic (exact) mass is 325 g/mol. The van der Waals surface area contributed by atoms with Gasteiger partial charge in [-0.05, 0) is 31.4 Å². The lowest BCUT2D eigenvalue weighted by molar-refractivity contribution is -0.123. The van der Waals surface area contributed by atoms with Crippen LogP contribution in [0.3, 0.4) is 0 Å². The average Bonchev–Trinajstić information content (AvgIpc) is 2.49. The summed E-state index contributed by atoms with van der Waals surface area (Å²) in [4.78, 5) is 14.4. The molecule has 1 fully saturated rings. The molecule has 1 heterocycles. The van der Waals surface area contributed by atoms with Crippen molar-refractivity contribution in [3.8, 4) is 0 Å². The molecule has 0 bridgehead atoms. The summed E-state index contributed by atoms with van der Waals surface area (Å²) in [5.74, 6) is 0.107.